The van der Waals surface area contributed by atoms with Crippen LogP contribution >= 0.6 is 0 Å². The fraction of sp³-hybridized carbons (Fsp3) is 0.667. The van der Waals surface area contributed by atoms with Crippen LogP contribution in [0.25, 0.3) is 0 Å². The number of hydrogen-bond acceptors (Lipinski definition) is 4. The van der Waals surface area contributed by atoms with Crippen LogP contribution in [0.15, 0.2) is 0 Å². The van der Waals surface area contributed by atoms with Gasteiger partial charge in [0.1, 0.15) is 0 Å². The van der Waals surface area contributed by atoms with Gasteiger partial charge in [0.2, 0.25) is 0 Å². The van der Waals surface area contributed by atoms with Gasteiger partial charge in [0.05, 0.1) is 0 Å². The van der Waals surface area contributed by atoms with Crippen molar-refractivity contribution in [1.29, 1.82) is 0 Å². The first-order valence-corrected chi connectivity index (χ1v) is 3.60. The van der Waals surface area contributed by atoms with Crippen LogP contribution in [0.2, 0.25) is 0 Å². The third-order valence-corrected chi connectivity index (χ3v) is 1.55. The van der Waals surface area contributed by atoms with Gasteiger partial charge in [0.15, 0.2) is 0 Å². The van der Waals surface area contributed by atoms with Gasteiger partial charge in [-0.05, 0) is 0 Å². The van der Waals surface area contributed by atoms with E-state index in [-0.39, 0.29) is 31.0 Å². The average molecular weight is 198 g/mol. The van der Waals surface area contributed by atoms with E-state index in [1.165, 1.54) is 4.90 Å². The zero-order chi connectivity index (χ0) is 8.97. The van der Waals surface area contributed by atoms with Crippen molar-refractivity contribution in [3.05, 3.63) is 0 Å². The molecule has 13 heavy (non-hydrogen) atoms. The van der Waals surface area contributed by atoms with Gasteiger partial charge in [-0.1, -0.05) is 0 Å². The summed E-state index contributed by atoms with van der Waals surface area (Å²) in [4.78, 5) is 22.2. The van der Waals surface area contributed by atoms with Gasteiger partial charge in [-0.15, -0.1) is 0 Å². The second-order valence-electron chi connectivity index (χ2n) is 2.37. The maximum Gasteiger partial charge on any atom is 1.00 e. The molecule has 0 unspecified atom stereocenters. The Balaban J connectivity index is 0. The molecule has 0 aromatic rings. The number of carboxylic acid groups (broad SMARTS) is 1. The molecule has 1 heterocycles. The molecule has 1 aliphatic rings. The topological polar surface area (TPSA) is 78.9 Å². The largest absolute Gasteiger partial charge is 1.00 e. The van der Waals surface area contributed by atoms with E-state index < -0.39 is 12.2 Å². The molecule has 0 radical (unpaired) electrons. The van der Waals surface area contributed by atoms with Crippen LogP contribution in [-0.4, -0.2) is 48.4 Å². The van der Waals surface area contributed by atoms with Crippen LogP contribution in [0.3, 0.4) is 0 Å². The van der Waals surface area contributed by atoms with E-state index in [0.29, 0.717) is 26.2 Å². The molecular formula is C6H11N2NaO4. The molecule has 0 bridgehead atoms. The van der Waals surface area contributed by atoms with Crippen molar-refractivity contribution in [3.63, 3.8) is 0 Å². The van der Waals surface area contributed by atoms with Crippen LogP contribution in [0, 0.1) is 0 Å². The normalized spacial score (nSPS) is 15.8. The molecule has 1 amide bonds. The van der Waals surface area contributed by atoms with Crippen LogP contribution in [-0.2, 0) is 4.74 Å². The molecular weight excluding hydrogens is 187 g/mol. The molecule has 0 aliphatic carbocycles. The Bertz CT molecular complexity index is 198. The van der Waals surface area contributed by atoms with Gasteiger partial charge in [-0.3, -0.25) is 0 Å². The first kappa shape index (κ1) is 12.7. The van der Waals surface area contributed by atoms with Crippen LogP contribution < -0.4 is 34.9 Å². The minimum absolute atomic E-state index is 0. The summed E-state index contributed by atoms with van der Waals surface area (Å²) >= 11 is 0. The molecule has 6 nitrogen and oxygen atoms in total. The van der Waals surface area contributed by atoms with Crippen LogP contribution in [0.5, 0.6) is 0 Å². The molecule has 1 rings (SSSR count). The van der Waals surface area contributed by atoms with Crippen molar-refractivity contribution in [2.75, 3.05) is 26.2 Å². The van der Waals surface area contributed by atoms with Crippen LogP contribution in [0.1, 0.15) is 1.43 Å². The molecule has 1 fully saturated rings. The number of rotatable bonds is 0. The number of carbonyl (C=O) groups excluding carboxylic acids is 1. The molecule has 7 heteroatoms. The molecule has 0 aromatic heterocycles. The summed E-state index contributed by atoms with van der Waals surface area (Å²) in [6.07, 6.45) is -2.34. The summed E-state index contributed by atoms with van der Waals surface area (Å²) in [5.74, 6) is 0. The molecule has 2 N–H and O–H groups in total. The van der Waals surface area contributed by atoms with Gasteiger partial charge in [0, 0.05) is 26.2 Å². The number of ether oxygens (including phenoxy) is 1. The zero-order valence-electron chi connectivity index (χ0n) is 8.45. The Kier molecular flexibility index (Phi) is 6.06. The van der Waals surface area contributed by atoms with Gasteiger partial charge >= 0.3 is 41.8 Å². The van der Waals surface area contributed by atoms with Gasteiger partial charge in [0.25, 0.3) is 0 Å². The molecule has 0 aromatic carbocycles. The quantitative estimate of drug-likeness (QED) is 0.244. The summed E-state index contributed by atoms with van der Waals surface area (Å²) in [6, 6.07) is 0. The SMILES string of the molecule is O=C(O)OC(=O)N1CCNCC1.[H-].[Na+]. The summed E-state index contributed by atoms with van der Waals surface area (Å²) in [5.41, 5.74) is 0. The van der Waals surface area contributed by atoms with E-state index in [2.05, 4.69) is 10.1 Å². The van der Waals surface area contributed by atoms with Crippen molar-refractivity contribution in [1.82, 2.24) is 10.2 Å². The van der Waals surface area contributed by atoms with E-state index in [0.717, 1.165) is 0 Å². The fourth-order valence-electron chi connectivity index (χ4n) is 0.987. The third kappa shape index (κ3) is 4.47. The Labute approximate surface area is 99.0 Å². The van der Waals surface area contributed by atoms with Crippen molar-refractivity contribution in [2.24, 2.45) is 0 Å². The van der Waals surface area contributed by atoms with E-state index >= 15 is 0 Å². The van der Waals surface area contributed by atoms with E-state index in [4.69, 9.17) is 5.11 Å². The van der Waals surface area contributed by atoms with Crippen LogP contribution in [0.4, 0.5) is 9.59 Å². The Morgan fingerprint density at radius 2 is 1.92 bits per heavy atom. The van der Waals surface area contributed by atoms with Gasteiger partial charge in [-0.25, -0.2) is 9.59 Å². The smallest absolute Gasteiger partial charge is 1.00 e. The van der Waals surface area contributed by atoms with Gasteiger partial charge < -0.3 is 21.5 Å². The van der Waals surface area contributed by atoms with Crippen molar-refractivity contribution in [2.45, 2.75) is 0 Å². The molecule has 0 saturated carbocycles. The standard InChI is InChI=1S/C6H10N2O4.Na.H/c9-5(12-6(10)11)8-3-1-7-2-4-8;;/h7H,1-4H2,(H,10,11);;/q;+1;-1. The molecule has 0 atom stereocenters. The van der Waals surface area contributed by atoms with Crippen molar-refractivity contribution in [3.8, 4) is 0 Å². The third-order valence-electron chi connectivity index (χ3n) is 1.55. The first-order chi connectivity index (χ1) is 5.70. The number of nitrogens with one attached hydrogen (secondary N) is 1. The number of carbonyl (C=O) groups is 2. The monoisotopic (exact) mass is 198 g/mol. The van der Waals surface area contributed by atoms with E-state index in [1.807, 2.05) is 0 Å². The zero-order valence-corrected chi connectivity index (χ0v) is 9.45. The minimum Gasteiger partial charge on any atom is -1.00 e. The van der Waals surface area contributed by atoms with E-state index in [1.54, 1.807) is 0 Å². The van der Waals surface area contributed by atoms with Gasteiger partial charge in [-0.2, -0.15) is 0 Å². The number of piperazine rings is 1. The Hall–Kier alpha value is -0.300. The van der Waals surface area contributed by atoms with Crippen molar-refractivity contribution >= 4 is 12.2 Å². The second kappa shape index (κ2) is 6.20. The Morgan fingerprint density at radius 1 is 1.38 bits per heavy atom. The van der Waals surface area contributed by atoms with Crippen molar-refractivity contribution < 1.29 is 50.4 Å². The number of hydrogen-bond donors (Lipinski definition) is 2. The maximum atomic E-state index is 10.9. The summed E-state index contributed by atoms with van der Waals surface area (Å²) < 4.78 is 3.97. The number of amides is 1. The molecule has 1 saturated heterocycles. The molecule has 0 spiro atoms. The minimum atomic E-state index is -1.56. The second-order valence-corrected chi connectivity index (χ2v) is 2.37. The average Bonchev–Trinajstić information content (AvgIpc) is 2.05. The predicted octanol–water partition coefficient (Wildman–Crippen LogP) is -3.18. The Morgan fingerprint density at radius 3 is 2.38 bits per heavy atom. The van der Waals surface area contributed by atoms with E-state index in [9.17, 15) is 9.59 Å². The predicted molar refractivity (Wildman–Crippen MR) is 40.1 cm³/mol. The first-order valence-electron chi connectivity index (χ1n) is 3.60. The maximum absolute atomic E-state index is 10.9. The molecule has 1 aliphatic heterocycles. The summed E-state index contributed by atoms with van der Waals surface area (Å²) in [5, 5.41) is 11.2. The summed E-state index contributed by atoms with van der Waals surface area (Å²) in [6.45, 7) is 2.33. The molecule has 70 valence electrons. The fourth-order valence-corrected chi connectivity index (χ4v) is 0.987. The summed E-state index contributed by atoms with van der Waals surface area (Å²) in [7, 11) is 0. The number of nitrogens with zero attached hydrogens (tertiary/aromatic N) is 1.